The van der Waals surface area contributed by atoms with Gasteiger partial charge in [-0.2, -0.15) is 0 Å². The van der Waals surface area contributed by atoms with Gasteiger partial charge in [0, 0.05) is 5.56 Å². The molecule has 1 atom stereocenters. The van der Waals surface area contributed by atoms with Crippen molar-refractivity contribution in [2.75, 3.05) is 10.6 Å². The molecule has 0 saturated heterocycles. The summed E-state index contributed by atoms with van der Waals surface area (Å²) < 4.78 is 26.4. The Balaban J connectivity index is 1.45. The molecule has 3 aromatic carbocycles. The summed E-state index contributed by atoms with van der Waals surface area (Å²) in [4.78, 5) is 12.9. The molecule has 6 heteroatoms. The van der Waals surface area contributed by atoms with E-state index in [9.17, 15) is 13.2 Å². The van der Waals surface area contributed by atoms with E-state index in [1.807, 2.05) is 51.1 Å². The molecule has 35 heavy (non-hydrogen) atoms. The molecule has 0 fully saturated rings. The average molecular weight is 491 g/mol. The van der Waals surface area contributed by atoms with Gasteiger partial charge in [-0.3, -0.25) is 9.10 Å². The molecule has 0 aromatic heterocycles. The Morgan fingerprint density at radius 3 is 2.26 bits per heavy atom. The quantitative estimate of drug-likeness (QED) is 0.466. The van der Waals surface area contributed by atoms with Crippen LogP contribution in [0.5, 0.6) is 0 Å². The zero-order chi connectivity index (χ0) is 25.2. The largest absolute Gasteiger partial charge is 0.346 e. The van der Waals surface area contributed by atoms with E-state index in [1.54, 1.807) is 12.1 Å². The van der Waals surface area contributed by atoms with E-state index >= 15 is 0 Å². The van der Waals surface area contributed by atoms with Crippen molar-refractivity contribution in [1.82, 2.24) is 5.32 Å². The van der Waals surface area contributed by atoms with E-state index in [-0.39, 0.29) is 18.5 Å². The highest BCUT2D eigenvalue weighted by Gasteiger charge is 2.19. The van der Waals surface area contributed by atoms with Crippen molar-refractivity contribution in [3.63, 3.8) is 0 Å². The minimum atomic E-state index is -3.47. The minimum Gasteiger partial charge on any atom is -0.346 e. The van der Waals surface area contributed by atoms with Crippen LogP contribution in [0.3, 0.4) is 0 Å². The molecule has 0 heterocycles. The van der Waals surface area contributed by atoms with Crippen molar-refractivity contribution in [3.8, 4) is 0 Å². The van der Waals surface area contributed by atoms with Gasteiger partial charge < -0.3 is 5.32 Å². The van der Waals surface area contributed by atoms with Crippen LogP contribution in [0.4, 0.5) is 5.69 Å². The van der Waals surface area contributed by atoms with Crippen molar-refractivity contribution in [2.45, 2.75) is 59.0 Å². The molecule has 1 amide bonds. The summed E-state index contributed by atoms with van der Waals surface area (Å²) in [5, 5.41) is 3.10. The minimum absolute atomic E-state index is 0.0973. The summed E-state index contributed by atoms with van der Waals surface area (Å²) >= 11 is 0. The fraction of sp³-hybridized carbons (Fsp3) is 0.345. The first-order valence-electron chi connectivity index (χ1n) is 12.2. The van der Waals surface area contributed by atoms with Gasteiger partial charge in [0.25, 0.3) is 5.91 Å². The maximum atomic E-state index is 12.9. The number of nitrogens with one attached hydrogen (secondary N) is 1. The lowest BCUT2D eigenvalue weighted by Crippen LogP contribution is -2.29. The van der Waals surface area contributed by atoms with Crippen LogP contribution in [0.25, 0.3) is 0 Å². The second kappa shape index (κ2) is 10.2. The molecule has 3 aromatic rings. The van der Waals surface area contributed by atoms with Crippen molar-refractivity contribution in [2.24, 2.45) is 0 Å². The van der Waals surface area contributed by atoms with Gasteiger partial charge in [-0.1, -0.05) is 36.4 Å². The smallest absolute Gasteiger partial charge is 0.251 e. The van der Waals surface area contributed by atoms with Gasteiger partial charge in [0.2, 0.25) is 10.0 Å². The van der Waals surface area contributed by atoms with E-state index in [4.69, 9.17) is 0 Å². The van der Waals surface area contributed by atoms with Crippen LogP contribution in [0.1, 0.15) is 69.5 Å². The lowest BCUT2D eigenvalue weighted by molar-refractivity contribution is 0.0940. The Bertz CT molecular complexity index is 1330. The van der Waals surface area contributed by atoms with E-state index < -0.39 is 10.0 Å². The monoisotopic (exact) mass is 490 g/mol. The number of nitrogens with zero attached hydrogens (tertiary/aromatic N) is 1. The second-order valence-electron chi connectivity index (χ2n) is 9.67. The highest BCUT2D eigenvalue weighted by molar-refractivity contribution is 7.92. The zero-order valence-corrected chi connectivity index (χ0v) is 21.8. The Kier molecular flexibility index (Phi) is 7.31. The van der Waals surface area contributed by atoms with Crippen LogP contribution >= 0.6 is 0 Å². The van der Waals surface area contributed by atoms with Crippen molar-refractivity contribution in [1.29, 1.82) is 0 Å². The highest BCUT2D eigenvalue weighted by atomic mass is 32.2. The molecule has 0 aliphatic heterocycles. The van der Waals surface area contributed by atoms with E-state index in [2.05, 4.69) is 23.5 Å². The number of sulfonamides is 1. The predicted octanol–water partition coefficient (Wildman–Crippen LogP) is 5.64. The van der Waals surface area contributed by atoms with Crippen LogP contribution in [0, 0.1) is 13.8 Å². The standard InChI is InChI=1S/C29H34N2O3S/c1-20-9-16-28(17-21(20)2)31(35(4,33)34)19-23-10-12-25(13-11-23)29(32)30-22(3)26-15-14-24-7-5-6-8-27(24)18-26/h9-18,22H,5-8,19H2,1-4H3,(H,30,32)/t22-/m0/s1. The first-order chi connectivity index (χ1) is 16.6. The van der Waals surface area contributed by atoms with Gasteiger partial charge in [0.15, 0.2) is 0 Å². The molecule has 0 unspecified atom stereocenters. The molecule has 4 rings (SSSR count). The first-order valence-corrected chi connectivity index (χ1v) is 14.0. The SMILES string of the molecule is Cc1ccc(N(Cc2ccc(C(=O)N[C@@H](C)c3ccc4c(c3)CCCC4)cc2)S(C)(=O)=O)cc1C. The second-order valence-corrected chi connectivity index (χ2v) is 11.6. The number of hydrogen-bond donors (Lipinski definition) is 1. The summed E-state index contributed by atoms with van der Waals surface area (Å²) in [6.45, 7) is 6.18. The lowest BCUT2D eigenvalue weighted by atomic mass is 9.89. The number of carbonyl (C=O) groups excluding carboxylic acids is 1. The van der Waals surface area contributed by atoms with Crippen LogP contribution in [0.15, 0.2) is 60.7 Å². The lowest BCUT2D eigenvalue weighted by Gasteiger charge is -2.23. The topological polar surface area (TPSA) is 66.5 Å². The van der Waals surface area contributed by atoms with E-state index in [0.29, 0.717) is 11.3 Å². The first kappa shape index (κ1) is 25.0. The Morgan fingerprint density at radius 1 is 0.914 bits per heavy atom. The molecule has 184 valence electrons. The number of hydrogen-bond acceptors (Lipinski definition) is 3. The predicted molar refractivity (Wildman–Crippen MR) is 142 cm³/mol. The number of rotatable bonds is 7. The molecule has 1 aliphatic rings. The molecule has 1 N–H and O–H groups in total. The maximum absolute atomic E-state index is 12.9. The number of carbonyl (C=O) groups is 1. The van der Waals surface area contributed by atoms with Gasteiger partial charge in [0.05, 0.1) is 24.5 Å². The Morgan fingerprint density at radius 2 is 1.60 bits per heavy atom. The molecule has 5 nitrogen and oxygen atoms in total. The Labute approximate surface area is 209 Å². The van der Waals surface area contributed by atoms with Gasteiger partial charge in [0.1, 0.15) is 0 Å². The fourth-order valence-corrected chi connectivity index (χ4v) is 5.47. The summed E-state index contributed by atoms with van der Waals surface area (Å²) in [7, 11) is -3.47. The molecule has 0 bridgehead atoms. The highest BCUT2D eigenvalue weighted by Crippen LogP contribution is 2.26. The third-order valence-electron chi connectivity index (χ3n) is 6.94. The average Bonchev–Trinajstić information content (AvgIpc) is 2.83. The van der Waals surface area contributed by atoms with Crippen LogP contribution in [-0.4, -0.2) is 20.6 Å². The molecule has 1 aliphatic carbocycles. The molecular formula is C29H34N2O3S. The Hall–Kier alpha value is -3.12. The van der Waals surface area contributed by atoms with Gasteiger partial charge >= 0.3 is 0 Å². The van der Waals surface area contributed by atoms with Crippen LogP contribution in [-0.2, 0) is 29.4 Å². The van der Waals surface area contributed by atoms with Crippen molar-refractivity contribution < 1.29 is 13.2 Å². The molecule has 0 radical (unpaired) electrons. The van der Waals surface area contributed by atoms with Crippen LogP contribution < -0.4 is 9.62 Å². The van der Waals surface area contributed by atoms with Crippen molar-refractivity contribution in [3.05, 3.63) is 99.6 Å². The summed E-state index contributed by atoms with van der Waals surface area (Å²) in [6, 6.07) is 19.2. The number of anilines is 1. The van der Waals surface area contributed by atoms with Gasteiger partial charge in [-0.25, -0.2) is 8.42 Å². The number of fused-ring (bicyclic) bond motifs is 1. The fourth-order valence-electron chi connectivity index (χ4n) is 4.59. The van der Waals surface area contributed by atoms with Crippen molar-refractivity contribution >= 4 is 21.6 Å². The normalized spacial score (nSPS) is 14.2. The maximum Gasteiger partial charge on any atom is 0.251 e. The summed E-state index contributed by atoms with van der Waals surface area (Å²) in [5.41, 5.74) is 8.10. The molecule has 0 saturated carbocycles. The van der Waals surface area contributed by atoms with E-state index in [1.165, 1.54) is 34.5 Å². The van der Waals surface area contributed by atoms with Gasteiger partial charge in [-0.15, -0.1) is 0 Å². The third-order valence-corrected chi connectivity index (χ3v) is 8.08. The number of benzene rings is 3. The summed E-state index contributed by atoms with van der Waals surface area (Å²) in [5.74, 6) is -0.143. The number of amides is 1. The van der Waals surface area contributed by atoms with Crippen LogP contribution in [0.2, 0.25) is 0 Å². The molecular weight excluding hydrogens is 456 g/mol. The molecule has 0 spiro atoms. The third kappa shape index (κ3) is 5.93. The van der Waals surface area contributed by atoms with E-state index in [0.717, 1.165) is 35.1 Å². The van der Waals surface area contributed by atoms with Gasteiger partial charge in [-0.05, 0) is 104 Å². The summed E-state index contributed by atoms with van der Waals surface area (Å²) in [6.07, 6.45) is 5.94. The zero-order valence-electron chi connectivity index (χ0n) is 21.0. The number of aryl methyl sites for hydroxylation is 4.